The summed E-state index contributed by atoms with van der Waals surface area (Å²) in [5.41, 5.74) is 0.559. The molecule has 1 fully saturated rings. The largest absolute Gasteiger partial charge is 0.314 e. The average Bonchev–Trinajstić information content (AvgIpc) is 2.26. The second kappa shape index (κ2) is 6.49. The fourth-order valence-electron chi connectivity index (χ4n) is 2.05. The van der Waals surface area contributed by atoms with E-state index in [4.69, 9.17) is 0 Å². The molecule has 1 aliphatic rings. The highest BCUT2D eigenvalue weighted by Crippen LogP contribution is 2.26. The molecule has 0 bridgehead atoms. The van der Waals surface area contributed by atoms with Crippen LogP contribution in [-0.4, -0.2) is 37.6 Å². The third-order valence-electron chi connectivity index (χ3n) is 3.74. The molecule has 90 valence electrons. The van der Waals surface area contributed by atoms with Crippen LogP contribution in [0, 0.1) is 5.41 Å². The predicted molar refractivity (Wildman–Crippen MR) is 67.2 cm³/mol. The molecule has 1 rings (SSSR count). The molecule has 0 spiro atoms. The number of nitrogens with zero attached hydrogens (tertiary/aromatic N) is 1. The highest BCUT2D eigenvalue weighted by Gasteiger charge is 2.14. The van der Waals surface area contributed by atoms with Gasteiger partial charge in [-0.3, -0.25) is 0 Å². The van der Waals surface area contributed by atoms with Gasteiger partial charge in [-0.1, -0.05) is 33.6 Å². The Morgan fingerprint density at radius 1 is 1.13 bits per heavy atom. The number of hydrogen-bond acceptors (Lipinski definition) is 2. The first-order chi connectivity index (χ1) is 7.14. The molecule has 0 aromatic heterocycles. The minimum Gasteiger partial charge on any atom is -0.314 e. The molecule has 1 N–H and O–H groups in total. The molecule has 2 nitrogen and oxygen atoms in total. The number of piperazine rings is 1. The lowest BCUT2D eigenvalue weighted by Crippen LogP contribution is -2.43. The number of unbranched alkanes of at least 4 members (excludes halogenated alkanes) is 1. The van der Waals surface area contributed by atoms with E-state index in [1.807, 2.05) is 0 Å². The second-order valence-corrected chi connectivity index (χ2v) is 5.57. The maximum Gasteiger partial charge on any atom is 0.0107 e. The van der Waals surface area contributed by atoms with Crippen molar-refractivity contribution in [3.05, 3.63) is 0 Å². The van der Waals surface area contributed by atoms with Gasteiger partial charge in [0.2, 0.25) is 0 Å². The van der Waals surface area contributed by atoms with Crippen LogP contribution in [-0.2, 0) is 0 Å². The molecule has 1 heterocycles. The molecule has 15 heavy (non-hydrogen) atoms. The molecule has 0 unspecified atom stereocenters. The third-order valence-corrected chi connectivity index (χ3v) is 3.74. The van der Waals surface area contributed by atoms with Gasteiger partial charge in [-0.15, -0.1) is 0 Å². The summed E-state index contributed by atoms with van der Waals surface area (Å²) < 4.78 is 0. The van der Waals surface area contributed by atoms with E-state index in [1.165, 1.54) is 58.4 Å². The van der Waals surface area contributed by atoms with Crippen molar-refractivity contribution < 1.29 is 0 Å². The van der Waals surface area contributed by atoms with Gasteiger partial charge in [-0.05, 0) is 24.8 Å². The van der Waals surface area contributed by atoms with Crippen LogP contribution < -0.4 is 5.32 Å². The summed E-state index contributed by atoms with van der Waals surface area (Å²) in [6, 6.07) is 0. The Morgan fingerprint density at radius 2 is 1.80 bits per heavy atom. The minimum absolute atomic E-state index is 0.559. The maximum absolute atomic E-state index is 3.40. The smallest absolute Gasteiger partial charge is 0.0107 e. The molecule has 1 aliphatic heterocycles. The van der Waals surface area contributed by atoms with Gasteiger partial charge in [-0.2, -0.15) is 0 Å². The van der Waals surface area contributed by atoms with Crippen molar-refractivity contribution in [2.75, 3.05) is 32.7 Å². The molecule has 0 aromatic rings. The summed E-state index contributed by atoms with van der Waals surface area (Å²) in [7, 11) is 0. The summed E-state index contributed by atoms with van der Waals surface area (Å²) in [5, 5.41) is 3.40. The molecule has 0 amide bonds. The summed E-state index contributed by atoms with van der Waals surface area (Å²) >= 11 is 0. The van der Waals surface area contributed by atoms with E-state index in [0.29, 0.717) is 5.41 Å². The van der Waals surface area contributed by atoms with Crippen molar-refractivity contribution in [3.8, 4) is 0 Å². The van der Waals surface area contributed by atoms with Crippen LogP contribution in [0.3, 0.4) is 0 Å². The van der Waals surface area contributed by atoms with Crippen molar-refractivity contribution in [2.45, 2.75) is 46.5 Å². The molecule has 0 saturated carbocycles. The van der Waals surface area contributed by atoms with Crippen LogP contribution >= 0.6 is 0 Å². The molecule has 0 atom stereocenters. The quantitative estimate of drug-likeness (QED) is 0.681. The van der Waals surface area contributed by atoms with E-state index in [0.717, 1.165) is 0 Å². The Balaban J connectivity index is 2.00. The van der Waals surface area contributed by atoms with Crippen LogP contribution in [0.15, 0.2) is 0 Å². The Kier molecular flexibility index (Phi) is 5.62. The zero-order chi connectivity index (χ0) is 11.1. The first kappa shape index (κ1) is 13.0. The van der Waals surface area contributed by atoms with Gasteiger partial charge < -0.3 is 10.2 Å². The van der Waals surface area contributed by atoms with Crippen molar-refractivity contribution in [3.63, 3.8) is 0 Å². The highest BCUT2D eigenvalue weighted by molar-refractivity contribution is 4.69. The van der Waals surface area contributed by atoms with E-state index >= 15 is 0 Å². The maximum atomic E-state index is 3.40. The predicted octanol–water partition coefficient (Wildman–Crippen LogP) is 2.50. The Bertz CT molecular complexity index is 160. The normalized spacial score (nSPS) is 19.4. The van der Waals surface area contributed by atoms with E-state index in [-0.39, 0.29) is 0 Å². The van der Waals surface area contributed by atoms with E-state index in [1.54, 1.807) is 0 Å². The summed E-state index contributed by atoms with van der Waals surface area (Å²) in [4.78, 5) is 2.59. The average molecular weight is 212 g/mol. The third kappa shape index (κ3) is 5.53. The lowest BCUT2D eigenvalue weighted by molar-refractivity contribution is 0.227. The monoisotopic (exact) mass is 212 g/mol. The zero-order valence-electron chi connectivity index (χ0n) is 10.8. The van der Waals surface area contributed by atoms with E-state index < -0.39 is 0 Å². The first-order valence-corrected chi connectivity index (χ1v) is 6.57. The molecular formula is C13H28N2. The Hall–Kier alpha value is -0.0800. The first-order valence-electron chi connectivity index (χ1n) is 6.57. The molecular weight excluding hydrogens is 184 g/mol. The fraction of sp³-hybridized carbons (Fsp3) is 1.00. The summed E-state index contributed by atoms with van der Waals surface area (Å²) in [6.07, 6.45) is 5.46. The summed E-state index contributed by atoms with van der Waals surface area (Å²) in [6.45, 7) is 13.2. The van der Waals surface area contributed by atoms with Crippen molar-refractivity contribution in [2.24, 2.45) is 5.41 Å². The highest BCUT2D eigenvalue weighted by atomic mass is 15.2. The van der Waals surface area contributed by atoms with E-state index in [9.17, 15) is 0 Å². The Morgan fingerprint density at radius 3 is 2.40 bits per heavy atom. The second-order valence-electron chi connectivity index (χ2n) is 5.57. The van der Waals surface area contributed by atoms with Gasteiger partial charge in [0, 0.05) is 26.2 Å². The van der Waals surface area contributed by atoms with Gasteiger partial charge in [0.15, 0.2) is 0 Å². The van der Waals surface area contributed by atoms with Gasteiger partial charge >= 0.3 is 0 Å². The zero-order valence-corrected chi connectivity index (χ0v) is 10.8. The number of nitrogens with one attached hydrogen (secondary N) is 1. The molecule has 0 aromatic carbocycles. The fourth-order valence-corrected chi connectivity index (χ4v) is 2.05. The van der Waals surface area contributed by atoms with Gasteiger partial charge in [0.1, 0.15) is 0 Å². The molecule has 1 saturated heterocycles. The van der Waals surface area contributed by atoms with Gasteiger partial charge in [0.05, 0.1) is 0 Å². The number of hydrogen-bond donors (Lipinski definition) is 1. The van der Waals surface area contributed by atoms with Crippen molar-refractivity contribution in [1.82, 2.24) is 10.2 Å². The van der Waals surface area contributed by atoms with E-state index in [2.05, 4.69) is 31.0 Å². The van der Waals surface area contributed by atoms with Crippen molar-refractivity contribution >= 4 is 0 Å². The van der Waals surface area contributed by atoms with Crippen LogP contribution in [0.2, 0.25) is 0 Å². The van der Waals surface area contributed by atoms with Crippen LogP contribution in [0.25, 0.3) is 0 Å². The van der Waals surface area contributed by atoms with Gasteiger partial charge in [-0.25, -0.2) is 0 Å². The molecule has 0 aliphatic carbocycles. The van der Waals surface area contributed by atoms with Crippen molar-refractivity contribution in [1.29, 1.82) is 0 Å². The van der Waals surface area contributed by atoms with Crippen LogP contribution in [0.5, 0.6) is 0 Å². The summed E-state index contributed by atoms with van der Waals surface area (Å²) in [5.74, 6) is 0. The number of rotatable bonds is 6. The lowest BCUT2D eigenvalue weighted by Gasteiger charge is -2.28. The lowest BCUT2D eigenvalue weighted by atomic mass is 9.85. The van der Waals surface area contributed by atoms with Gasteiger partial charge in [0.25, 0.3) is 0 Å². The standard InChI is InChI=1S/C13H28N2/c1-4-13(2,3)7-5-6-10-15-11-8-14-9-12-15/h14H,4-12H2,1-3H3. The minimum atomic E-state index is 0.559. The topological polar surface area (TPSA) is 15.3 Å². The molecule has 0 radical (unpaired) electrons. The SMILES string of the molecule is CCC(C)(C)CCCCN1CCNCC1. The molecule has 2 heteroatoms. The Labute approximate surface area is 95.4 Å². The van der Waals surface area contributed by atoms with Crippen LogP contribution in [0.1, 0.15) is 46.5 Å². The van der Waals surface area contributed by atoms with Crippen LogP contribution in [0.4, 0.5) is 0 Å².